The highest BCUT2D eigenvalue weighted by molar-refractivity contribution is 7.27. The number of rotatable bonds is 7. The van der Waals surface area contributed by atoms with Crippen molar-refractivity contribution in [2.45, 2.75) is 6.92 Å². The van der Waals surface area contributed by atoms with E-state index in [-0.39, 0.29) is 34.3 Å². The number of fused-ring (bicyclic) bond motifs is 3. The van der Waals surface area contributed by atoms with E-state index in [0.717, 1.165) is 48.9 Å². The van der Waals surface area contributed by atoms with Crippen LogP contribution in [0, 0.1) is 6.92 Å². The summed E-state index contributed by atoms with van der Waals surface area (Å²) in [6.45, 7) is 1.42. The van der Waals surface area contributed by atoms with Crippen LogP contribution in [0.25, 0.3) is 98.8 Å². The molecule has 4 heteroatoms. The van der Waals surface area contributed by atoms with Gasteiger partial charge in [-0.3, -0.25) is 0 Å². The quantitative estimate of drug-likeness (QED) is 0.163. The average molecular weight is 747 g/mol. The van der Waals surface area contributed by atoms with Gasteiger partial charge in [-0.05, 0) is 76.7 Å². The number of thiophene rings is 1. The molecule has 0 unspecified atom stereocenters. The van der Waals surface area contributed by atoms with Crippen molar-refractivity contribution in [3.05, 3.63) is 199 Å². The second-order valence-electron chi connectivity index (χ2n) is 13.1. The van der Waals surface area contributed by atoms with Gasteiger partial charge >= 0.3 is 0 Å². The first kappa shape index (κ1) is 22.4. The normalized spacial score (nSPS) is 14.6. The molecule has 0 aliphatic carbocycles. The Morgan fingerprint density at radius 1 is 0.393 bits per heavy atom. The summed E-state index contributed by atoms with van der Waals surface area (Å²) in [6, 6.07) is 30.5. The Bertz CT molecular complexity index is 3630. The molecular weight excluding hydrogens is 699 g/mol. The maximum Gasteiger partial charge on any atom is 0.164 e. The lowest BCUT2D eigenvalue weighted by Crippen LogP contribution is -2.00. The minimum Gasteiger partial charge on any atom is -0.208 e. The first-order chi connectivity index (χ1) is 33.1. The van der Waals surface area contributed by atoms with E-state index >= 15 is 0 Å². The van der Waals surface area contributed by atoms with Crippen molar-refractivity contribution >= 4 is 31.5 Å². The van der Waals surface area contributed by atoms with Gasteiger partial charge in [0.05, 0.1) is 17.8 Å². The van der Waals surface area contributed by atoms with Crippen molar-refractivity contribution in [3.8, 4) is 78.7 Å². The summed E-state index contributed by atoms with van der Waals surface area (Å²) < 4.78 is 117. The molecule has 0 amide bonds. The van der Waals surface area contributed by atoms with Gasteiger partial charge in [-0.15, -0.1) is 11.3 Å². The molecule has 56 heavy (non-hydrogen) atoms. The second kappa shape index (κ2) is 14.3. The Labute approximate surface area is 348 Å². The molecule has 264 valence electrons. The molecule has 8 aromatic carbocycles. The Kier molecular flexibility index (Phi) is 5.73. The van der Waals surface area contributed by atoms with Crippen LogP contribution in [-0.2, 0) is 0 Å². The van der Waals surface area contributed by atoms with E-state index in [4.69, 9.17) is 12.3 Å². The standard InChI is InChI=1S/C52H35N3S/c1-34-16-14-26-40(28-34)51-53-50(38-23-12-5-13-24-38)54-52(55-51)41-27-15-25-39(29-41)45-31-43(36-19-8-3-9-20-36)33-47-46-32-42(35-17-6-2-7-18-35)30-44(48(46)56-49(45)47)37-21-10-4-11-22-37/h2-33H,1H3/i5D,12D,13D,14D,15D,16D,23D,24D,25D,26D,27D,28D,29D. The summed E-state index contributed by atoms with van der Waals surface area (Å²) in [5.74, 6) is -1.46. The van der Waals surface area contributed by atoms with Gasteiger partial charge < -0.3 is 0 Å². The van der Waals surface area contributed by atoms with E-state index in [1.54, 1.807) is 0 Å². The molecule has 10 rings (SSSR count). The minimum atomic E-state index is -0.701. The number of hydrogen-bond donors (Lipinski definition) is 0. The van der Waals surface area contributed by atoms with E-state index in [9.17, 15) is 5.48 Å². The maximum absolute atomic E-state index is 10.0. The predicted octanol–water partition coefficient (Wildman–Crippen LogP) is 14.2. The average Bonchev–Trinajstić information content (AvgIpc) is 3.75. The summed E-state index contributed by atoms with van der Waals surface area (Å²) in [4.78, 5) is 13.6. The van der Waals surface area contributed by atoms with Crippen LogP contribution in [0.3, 0.4) is 0 Å². The van der Waals surface area contributed by atoms with Crippen molar-refractivity contribution < 1.29 is 17.8 Å². The third kappa shape index (κ3) is 6.36. The van der Waals surface area contributed by atoms with Crippen LogP contribution in [-0.4, -0.2) is 15.0 Å². The SMILES string of the molecule is [2H]c1c([2H])c([2H])c(-c2nc(-c3c([2H])c([2H])c([2H])c(C)c3[2H])nc(-c3c([2H])c([2H])c([2H])c(-c4cc(-c5ccccc5)cc5c4sc4c(-c6ccccc6)cc(-c6ccccc6)cc45)c3[2H])n2)c([2H])c1[2H]. The summed E-state index contributed by atoms with van der Waals surface area (Å²) in [6.07, 6.45) is 0. The van der Waals surface area contributed by atoms with Crippen LogP contribution in [0.4, 0.5) is 0 Å². The van der Waals surface area contributed by atoms with E-state index < -0.39 is 89.5 Å². The van der Waals surface area contributed by atoms with Crippen LogP contribution < -0.4 is 0 Å². The lowest BCUT2D eigenvalue weighted by Gasteiger charge is -2.12. The molecule has 10 aromatic rings. The number of benzene rings is 8. The van der Waals surface area contributed by atoms with Crippen LogP contribution in [0.5, 0.6) is 0 Å². The number of hydrogen-bond acceptors (Lipinski definition) is 4. The molecule has 0 atom stereocenters. The van der Waals surface area contributed by atoms with Crippen molar-refractivity contribution in [2.75, 3.05) is 0 Å². The summed E-state index contributed by atoms with van der Waals surface area (Å²) in [5, 5.41) is 1.74. The zero-order chi connectivity index (χ0) is 48.7. The van der Waals surface area contributed by atoms with Gasteiger partial charge in [0.25, 0.3) is 0 Å². The largest absolute Gasteiger partial charge is 0.208 e. The molecule has 0 saturated heterocycles. The number of nitrogens with zero attached hydrogens (tertiary/aromatic N) is 3. The molecule has 0 fully saturated rings. The molecule has 0 spiro atoms. The highest BCUT2D eigenvalue weighted by Crippen LogP contribution is 2.47. The van der Waals surface area contributed by atoms with Crippen LogP contribution in [0.1, 0.15) is 23.4 Å². The predicted molar refractivity (Wildman–Crippen MR) is 236 cm³/mol. The molecule has 0 aliphatic heterocycles. The fraction of sp³-hybridized carbons (Fsp3) is 0.0192. The third-order valence-corrected chi connectivity index (χ3v) is 10.7. The summed E-state index contributed by atoms with van der Waals surface area (Å²) in [7, 11) is 0. The van der Waals surface area contributed by atoms with Crippen molar-refractivity contribution in [1.82, 2.24) is 15.0 Å². The highest BCUT2D eigenvalue weighted by Gasteiger charge is 2.19. The van der Waals surface area contributed by atoms with Gasteiger partial charge in [0.1, 0.15) is 0 Å². The molecule has 2 heterocycles. The fourth-order valence-corrected chi connectivity index (χ4v) is 8.12. The summed E-state index contributed by atoms with van der Waals surface area (Å²) >= 11 is 1.47. The topological polar surface area (TPSA) is 38.7 Å². The fourth-order valence-electron chi connectivity index (χ4n) is 6.80. The van der Waals surface area contributed by atoms with Crippen LogP contribution in [0.2, 0.25) is 0 Å². The first-order valence-electron chi connectivity index (χ1n) is 24.3. The van der Waals surface area contributed by atoms with Crippen molar-refractivity contribution in [3.63, 3.8) is 0 Å². The first-order valence-corrected chi connectivity index (χ1v) is 18.6. The molecular formula is C52H35N3S. The lowest BCUT2D eigenvalue weighted by molar-refractivity contribution is 1.07. The third-order valence-electron chi connectivity index (χ3n) is 9.42. The Balaban J connectivity index is 1.32. The van der Waals surface area contributed by atoms with Gasteiger partial charge in [-0.2, -0.15) is 0 Å². The Hall–Kier alpha value is -7.01. The zero-order valence-electron chi connectivity index (χ0n) is 42.7. The number of aromatic nitrogens is 3. The smallest absolute Gasteiger partial charge is 0.164 e. The van der Waals surface area contributed by atoms with Gasteiger partial charge in [0.15, 0.2) is 17.5 Å². The monoisotopic (exact) mass is 746 g/mol. The molecule has 0 N–H and O–H groups in total. The molecule has 0 radical (unpaired) electrons. The Morgan fingerprint density at radius 3 is 1.41 bits per heavy atom. The highest BCUT2D eigenvalue weighted by atomic mass is 32.1. The molecule has 0 bridgehead atoms. The Morgan fingerprint density at radius 2 is 0.839 bits per heavy atom. The van der Waals surface area contributed by atoms with Gasteiger partial charge in [-0.25, -0.2) is 15.0 Å². The second-order valence-corrected chi connectivity index (χ2v) is 14.1. The van der Waals surface area contributed by atoms with E-state index in [1.165, 1.54) is 18.3 Å². The zero-order valence-corrected chi connectivity index (χ0v) is 30.5. The van der Waals surface area contributed by atoms with E-state index in [0.29, 0.717) is 10.3 Å². The van der Waals surface area contributed by atoms with Crippen molar-refractivity contribution in [1.29, 1.82) is 0 Å². The van der Waals surface area contributed by atoms with E-state index in [1.807, 2.05) is 97.1 Å². The molecule has 2 aromatic heterocycles. The maximum atomic E-state index is 10.0. The van der Waals surface area contributed by atoms with E-state index in [2.05, 4.69) is 33.2 Å². The minimum absolute atomic E-state index is 0.0194. The molecule has 3 nitrogen and oxygen atoms in total. The van der Waals surface area contributed by atoms with Gasteiger partial charge in [-0.1, -0.05) is 163 Å². The van der Waals surface area contributed by atoms with Crippen molar-refractivity contribution in [2.24, 2.45) is 0 Å². The van der Waals surface area contributed by atoms with Gasteiger partial charge in [0.2, 0.25) is 0 Å². The van der Waals surface area contributed by atoms with Crippen LogP contribution >= 0.6 is 11.3 Å². The van der Waals surface area contributed by atoms with Gasteiger partial charge in [0, 0.05) is 48.0 Å². The summed E-state index contributed by atoms with van der Waals surface area (Å²) in [5.41, 5.74) is 4.75. The lowest BCUT2D eigenvalue weighted by atomic mass is 9.93. The molecule has 0 saturated carbocycles. The van der Waals surface area contributed by atoms with Crippen LogP contribution in [0.15, 0.2) is 194 Å². The molecule has 0 aliphatic rings.